The van der Waals surface area contributed by atoms with Gasteiger partial charge in [-0.1, -0.05) is 0 Å². The molecule has 7 heteroatoms. The normalized spacial score (nSPS) is 14.6. The molecule has 1 fully saturated rings. The van der Waals surface area contributed by atoms with E-state index in [0.29, 0.717) is 19.6 Å². The van der Waals surface area contributed by atoms with Gasteiger partial charge in [0.25, 0.3) is 0 Å². The van der Waals surface area contributed by atoms with E-state index in [2.05, 4.69) is 15.1 Å². The molecule has 1 aromatic rings. The molecule has 1 heterocycles. The van der Waals surface area contributed by atoms with Crippen LogP contribution in [0.25, 0.3) is 0 Å². The summed E-state index contributed by atoms with van der Waals surface area (Å²) in [5.74, 6) is 1.57. The summed E-state index contributed by atoms with van der Waals surface area (Å²) in [5, 5.41) is 3.00. The van der Waals surface area contributed by atoms with E-state index >= 15 is 0 Å². The summed E-state index contributed by atoms with van der Waals surface area (Å²) >= 11 is 0. The van der Waals surface area contributed by atoms with Gasteiger partial charge in [-0.15, -0.1) is 0 Å². The van der Waals surface area contributed by atoms with E-state index < -0.39 is 0 Å². The zero-order valence-electron chi connectivity index (χ0n) is 15.7. The van der Waals surface area contributed by atoms with Gasteiger partial charge in [0, 0.05) is 38.8 Å². The first-order chi connectivity index (χ1) is 12.0. The number of methoxy groups -OCH3 is 2. The molecule has 1 saturated heterocycles. The minimum absolute atomic E-state index is 0.0279. The average molecular weight is 350 g/mol. The molecule has 0 radical (unpaired) electrons. The van der Waals surface area contributed by atoms with Crippen molar-refractivity contribution in [2.24, 2.45) is 0 Å². The maximum absolute atomic E-state index is 12.2. The van der Waals surface area contributed by atoms with Gasteiger partial charge in [0.05, 0.1) is 19.9 Å². The van der Waals surface area contributed by atoms with Gasteiger partial charge in [0.2, 0.25) is 0 Å². The van der Waals surface area contributed by atoms with Crippen LogP contribution in [0, 0.1) is 0 Å². The standard InChI is InChI=1S/C18H30N4O3/c1-20(2)9-5-8-19-18(23)22-12-10-21(11-13-22)16-7-6-15(24-3)14-17(16)25-4/h6-7,14H,5,8-13H2,1-4H3,(H,19,23). The number of ether oxygens (including phenoxy) is 2. The molecule has 140 valence electrons. The fraction of sp³-hybridized carbons (Fsp3) is 0.611. The number of carbonyl (C=O) groups is 1. The number of hydrogen-bond donors (Lipinski definition) is 1. The molecule has 0 spiro atoms. The van der Waals surface area contributed by atoms with Crippen molar-refractivity contribution in [1.82, 2.24) is 15.1 Å². The Hall–Kier alpha value is -2.15. The van der Waals surface area contributed by atoms with Crippen LogP contribution in [0.5, 0.6) is 11.5 Å². The van der Waals surface area contributed by atoms with Crippen LogP contribution in [0.1, 0.15) is 6.42 Å². The third-order valence-electron chi connectivity index (χ3n) is 4.35. The van der Waals surface area contributed by atoms with Crippen molar-refractivity contribution in [3.05, 3.63) is 18.2 Å². The van der Waals surface area contributed by atoms with Gasteiger partial charge in [0.1, 0.15) is 11.5 Å². The molecule has 1 N–H and O–H groups in total. The lowest BCUT2D eigenvalue weighted by Gasteiger charge is -2.36. The molecule has 1 aliphatic heterocycles. The summed E-state index contributed by atoms with van der Waals surface area (Å²) in [4.78, 5) is 18.5. The number of benzene rings is 1. The Bertz CT molecular complexity index is 557. The Morgan fingerprint density at radius 2 is 1.88 bits per heavy atom. The molecule has 1 aliphatic rings. The van der Waals surface area contributed by atoms with E-state index in [1.165, 1.54) is 0 Å². The minimum Gasteiger partial charge on any atom is -0.497 e. The van der Waals surface area contributed by atoms with Crippen LogP contribution in [0.4, 0.5) is 10.5 Å². The Morgan fingerprint density at radius 1 is 1.16 bits per heavy atom. The first kappa shape index (κ1) is 19.2. The summed E-state index contributed by atoms with van der Waals surface area (Å²) in [7, 11) is 7.38. The summed E-state index contributed by atoms with van der Waals surface area (Å²) in [6, 6.07) is 5.86. The number of urea groups is 1. The quantitative estimate of drug-likeness (QED) is 0.755. The molecule has 0 bridgehead atoms. The fourth-order valence-corrected chi connectivity index (χ4v) is 2.90. The summed E-state index contributed by atoms with van der Waals surface area (Å²) in [6.45, 7) is 4.67. The smallest absolute Gasteiger partial charge is 0.317 e. The number of nitrogens with zero attached hydrogens (tertiary/aromatic N) is 3. The van der Waals surface area contributed by atoms with Crippen LogP contribution in [0.15, 0.2) is 18.2 Å². The molecule has 1 aromatic carbocycles. The van der Waals surface area contributed by atoms with Crippen molar-refractivity contribution in [3.63, 3.8) is 0 Å². The molecular weight excluding hydrogens is 320 g/mol. The topological polar surface area (TPSA) is 57.3 Å². The zero-order chi connectivity index (χ0) is 18.2. The van der Waals surface area contributed by atoms with Gasteiger partial charge in [-0.3, -0.25) is 0 Å². The second-order valence-corrected chi connectivity index (χ2v) is 6.40. The Balaban J connectivity index is 1.84. The second kappa shape index (κ2) is 9.36. The molecular formula is C18H30N4O3. The summed E-state index contributed by atoms with van der Waals surface area (Å²) in [5.41, 5.74) is 1.04. The van der Waals surface area contributed by atoms with E-state index in [0.717, 1.165) is 43.2 Å². The Morgan fingerprint density at radius 3 is 2.48 bits per heavy atom. The monoisotopic (exact) mass is 350 g/mol. The van der Waals surface area contributed by atoms with Crippen LogP contribution >= 0.6 is 0 Å². The van der Waals surface area contributed by atoms with Crippen molar-refractivity contribution in [2.75, 3.05) is 72.5 Å². The number of piperazine rings is 1. The number of nitrogens with one attached hydrogen (secondary N) is 1. The molecule has 0 atom stereocenters. The van der Waals surface area contributed by atoms with E-state index in [9.17, 15) is 4.79 Å². The van der Waals surface area contributed by atoms with Gasteiger partial charge < -0.3 is 29.5 Å². The summed E-state index contributed by atoms with van der Waals surface area (Å²) in [6.07, 6.45) is 0.960. The summed E-state index contributed by atoms with van der Waals surface area (Å²) < 4.78 is 10.7. The van der Waals surface area contributed by atoms with E-state index in [4.69, 9.17) is 9.47 Å². The third kappa shape index (κ3) is 5.42. The molecule has 2 rings (SSSR count). The van der Waals surface area contributed by atoms with Crippen LogP contribution in [0.2, 0.25) is 0 Å². The molecule has 0 aliphatic carbocycles. The molecule has 0 aromatic heterocycles. The zero-order valence-corrected chi connectivity index (χ0v) is 15.7. The molecule has 7 nitrogen and oxygen atoms in total. The van der Waals surface area contributed by atoms with Gasteiger partial charge in [-0.2, -0.15) is 0 Å². The lowest BCUT2D eigenvalue weighted by atomic mass is 10.2. The molecule has 0 saturated carbocycles. The van der Waals surface area contributed by atoms with Crippen LogP contribution in [0.3, 0.4) is 0 Å². The lowest BCUT2D eigenvalue weighted by Crippen LogP contribution is -2.52. The number of hydrogen-bond acceptors (Lipinski definition) is 5. The van der Waals surface area contributed by atoms with Gasteiger partial charge >= 0.3 is 6.03 Å². The average Bonchev–Trinajstić information content (AvgIpc) is 2.64. The van der Waals surface area contributed by atoms with E-state index in [1.807, 2.05) is 37.2 Å². The van der Waals surface area contributed by atoms with Crippen molar-refractivity contribution in [1.29, 1.82) is 0 Å². The highest BCUT2D eigenvalue weighted by atomic mass is 16.5. The van der Waals surface area contributed by atoms with Gasteiger partial charge in [0.15, 0.2) is 0 Å². The maximum Gasteiger partial charge on any atom is 0.317 e. The number of anilines is 1. The first-order valence-electron chi connectivity index (χ1n) is 8.69. The number of amides is 2. The Kier molecular flexibility index (Phi) is 7.18. The maximum atomic E-state index is 12.2. The lowest BCUT2D eigenvalue weighted by molar-refractivity contribution is 0.194. The molecule has 0 unspecified atom stereocenters. The largest absolute Gasteiger partial charge is 0.497 e. The van der Waals surface area contributed by atoms with Crippen molar-refractivity contribution < 1.29 is 14.3 Å². The fourth-order valence-electron chi connectivity index (χ4n) is 2.90. The second-order valence-electron chi connectivity index (χ2n) is 6.40. The van der Waals surface area contributed by atoms with Crippen LogP contribution in [-0.2, 0) is 0 Å². The van der Waals surface area contributed by atoms with E-state index in [-0.39, 0.29) is 6.03 Å². The molecule has 25 heavy (non-hydrogen) atoms. The number of carbonyl (C=O) groups excluding carboxylic acids is 1. The highest BCUT2D eigenvalue weighted by Gasteiger charge is 2.23. The van der Waals surface area contributed by atoms with Crippen molar-refractivity contribution in [3.8, 4) is 11.5 Å². The van der Waals surface area contributed by atoms with Crippen molar-refractivity contribution >= 4 is 11.7 Å². The van der Waals surface area contributed by atoms with Crippen LogP contribution in [-0.4, -0.2) is 83.4 Å². The number of rotatable bonds is 7. The minimum atomic E-state index is 0.0279. The predicted octanol–water partition coefficient (Wildman–Crippen LogP) is 1.49. The highest BCUT2D eigenvalue weighted by Crippen LogP contribution is 2.32. The van der Waals surface area contributed by atoms with Gasteiger partial charge in [-0.25, -0.2) is 4.79 Å². The van der Waals surface area contributed by atoms with Crippen molar-refractivity contribution in [2.45, 2.75) is 6.42 Å². The predicted molar refractivity (Wildman–Crippen MR) is 99.9 cm³/mol. The van der Waals surface area contributed by atoms with E-state index in [1.54, 1.807) is 14.2 Å². The highest BCUT2D eigenvalue weighted by molar-refractivity contribution is 5.74. The van der Waals surface area contributed by atoms with Gasteiger partial charge in [-0.05, 0) is 39.2 Å². The first-order valence-corrected chi connectivity index (χ1v) is 8.69. The third-order valence-corrected chi connectivity index (χ3v) is 4.35. The van der Waals surface area contributed by atoms with Crippen LogP contribution < -0.4 is 19.7 Å². The molecule has 2 amide bonds. The Labute approximate surface area is 150 Å². The SMILES string of the molecule is COc1ccc(N2CCN(C(=O)NCCCN(C)C)CC2)c(OC)c1.